The van der Waals surface area contributed by atoms with Gasteiger partial charge < -0.3 is 20.1 Å². The Morgan fingerprint density at radius 3 is 2.86 bits per heavy atom. The number of likely N-dealkylation sites (tertiary alicyclic amines) is 1. The number of carbonyl (C=O) groups is 1. The lowest BCUT2D eigenvalue weighted by Crippen LogP contribution is -2.52. The number of aryl methyl sites for hydroxylation is 1. The van der Waals surface area contributed by atoms with Gasteiger partial charge in [-0.05, 0) is 68.0 Å². The largest absolute Gasteiger partial charge is 0.455 e. The van der Waals surface area contributed by atoms with Crippen LogP contribution in [0.4, 0.5) is 10.5 Å². The second-order valence-electron chi connectivity index (χ2n) is 7.94. The summed E-state index contributed by atoms with van der Waals surface area (Å²) in [6.45, 7) is 6.84. The van der Waals surface area contributed by atoms with E-state index in [4.69, 9.17) is 4.74 Å². The Morgan fingerprint density at radius 1 is 1.39 bits per heavy atom. The number of amides is 2. The average Bonchev–Trinajstić information content (AvgIpc) is 3.08. The summed E-state index contributed by atoms with van der Waals surface area (Å²) in [4.78, 5) is 18.8. The molecule has 0 aliphatic carbocycles. The van der Waals surface area contributed by atoms with Gasteiger partial charge in [0.25, 0.3) is 0 Å². The van der Waals surface area contributed by atoms with Gasteiger partial charge in [0, 0.05) is 18.4 Å². The number of nitrogens with one attached hydrogen (secondary N) is 1. The van der Waals surface area contributed by atoms with Crippen molar-refractivity contribution in [3.8, 4) is 11.5 Å². The van der Waals surface area contributed by atoms with Crippen LogP contribution in [-0.4, -0.2) is 39.7 Å². The van der Waals surface area contributed by atoms with Crippen molar-refractivity contribution in [3.05, 3.63) is 48.3 Å². The molecule has 2 aromatic rings. The molecule has 0 unspecified atom stereocenters. The number of nitrogens with zero attached hydrogens (tertiary/aromatic N) is 2. The van der Waals surface area contributed by atoms with E-state index < -0.39 is 5.54 Å². The maximum atomic E-state index is 12.9. The Morgan fingerprint density at radius 2 is 2.21 bits per heavy atom. The zero-order valence-electron chi connectivity index (χ0n) is 16.8. The van der Waals surface area contributed by atoms with E-state index in [1.807, 2.05) is 42.2 Å². The lowest BCUT2D eigenvalue weighted by Gasteiger charge is -2.38. The van der Waals surface area contributed by atoms with Crippen molar-refractivity contribution < 1.29 is 14.6 Å². The minimum absolute atomic E-state index is 0.00445. The van der Waals surface area contributed by atoms with Crippen LogP contribution in [0.2, 0.25) is 0 Å². The van der Waals surface area contributed by atoms with Crippen LogP contribution in [0.25, 0.3) is 0 Å². The molecule has 0 spiro atoms. The van der Waals surface area contributed by atoms with Crippen LogP contribution in [0, 0.1) is 12.8 Å². The Kier molecular flexibility index (Phi) is 6.19. The second kappa shape index (κ2) is 8.61. The summed E-state index contributed by atoms with van der Waals surface area (Å²) in [7, 11) is 0. The lowest BCUT2D eigenvalue weighted by atomic mass is 9.87. The number of aliphatic hydroxyl groups is 1. The van der Waals surface area contributed by atoms with Crippen molar-refractivity contribution in [2.45, 2.75) is 45.6 Å². The predicted molar refractivity (Wildman–Crippen MR) is 110 cm³/mol. The highest BCUT2D eigenvalue weighted by molar-refractivity contribution is 5.90. The fourth-order valence-electron chi connectivity index (χ4n) is 4.02. The van der Waals surface area contributed by atoms with E-state index in [0.717, 1.165) is 30.6 Å². The van der Waals surface area contributed by atoms with E-state index in [2.05, 4.69) is 24.1 Å². The Balaban J connectivity index is 1.71. The molecule has 1 aromatic carbocycles. The third-order valence-corrected chi connectivity index (χ3v) is 5.21. The number of hydrogen-bond donors (Lipinski definition) is 2. The molecule has 3 rings (SSSR count). The van der Waals surface area contributed by atoms with Crippen LogP contribution in [0.3, 0.4) is 0 Å². The first-order valence-corrected chi connectivity index (χ1v) is 9.81. The van der Waals surface area contributed by atoms with Crippen LogP contribution in [0.1, 0.15) is 38.7 Å². The van der Waals surface area contributed by atoms with Gasteiger partial charge in [0.2, 0.25) is 0 Å². The Labute approximate surface area is 166 Å². The average molecular weight is 383 g/mol. The van der Waals surface area contributed by atoms with Gasteiger partial charge in [-0.2, -0.15) is 0 Å². The lowest BCUT2D eigenvalue weighted by molar-refractivity contribution is 0.0728. The normalized spacial score (nSPS) is 19.1. The molecule has 6 heteroatoms. The first-order chi connectivity index (χ1) is 13.4. The number of ether oxygens (including phenoxy) is 1. The molecule has 0 bridgehead atoms. The van der Waals surface area contributed by atoms with E-state index in [9.17, 15) is 9.90 Å². The number of anilines is 1. The summed E-state index contributed by atoms with van der Waals surface area (Å²) in [5.74, 6) is 1.80. The number of benzene rings is 1. The maximum Gasteiger partial charge on any atom is 0.322 e. The van der Waals surface area contributed by atoms with Crippen molar-refractivity contribution in [2.24, 2.45) is 5.92 Å². The van der Waals surface area contributed by atoms with Crippen LogP contribution in [-0.2, 0) is 0 Å². The molecule has 150 valence electrons. The Hall–Kier alpha value is -2.60. The van der Waals surface area contributed by atoms with Crippen LogP contribution < -0.4 is 10.1 Å². The van der Waals surface area contributed by atoms with E-state index in [1.54, 1.807) is 12.4 Å². The smallest absolute Gasteiger partial charge is 0.322 e. The summed E-state index contributed by atoms with van der Waals surface area (Å²) in [6.07, 6.45) is 5.91. The van der Waals surface area contributed by atoms with E-state index in [0.29, 0.717) is 23.9 Å². The van der Waals surface area contributed by atoms with Gasteiger partial charge in [0.05, 0.1) is 18.3 Å². The second-order valence-corrected chi connectivity index (χ2v) is 7.94. The molecule has 0 saturated carbocycles. The molecule has 2 heterocycles. The van der Waals surface area contributed by atoms with E-state index in [-0.39, 0.29) is 12.6 Å². The first kappa shape index (κ1) is 20.1. The number of aromatic nitrogens is 1. The molecule has 0 radical (unpaired) electrons. The number of hydrogen-bond acceptors (Lipinski definition) is 4. The third kappa shape index (κ3) is 4.44. The van der Waals surface area contributed by atoms with E-state index >= 15 is 0 Å². The van der Waals surface area contributed by atoms with Gasteiger partial charge in [-0.3, -0.25) is 4.98 Å². The van der Waals surface area contributed by atoms with Crippen molar-refractivity contribution >= 4 is 11.7 Å². The molecule has 28 heavy (non-hydrogen) atoms. The molecule has 1 saturated heterocycles. The SMILES string of the molecule is Cc1cc(NC(=O)N2CCC[C@@]2(CO)CC(C)C)ccc1Oc1cccnc1. The van der Waals surface area contributed by atoms with Crippen LogP contribution in [0.5, 0.6) is 11.5 Å². The monoisotopic (exact) mass is 383 g/mol. The number of aliphatic hydroxyl groups excluding tert-OH is 1. The minimum Gasteiger partial charge on any atom is -0.455 e. The summed E-state index contributed by atoms with van der Waals surface area (Å²) in [5.41, 5.74) is 1.17. The highest BCUT2D eigenvalue weighted by Gasteiger charge is 2.43. The van der Waals surface area contributed by atoms with E-state index in [1.165, 1.54) is 0 Å². The van der Waals surface area contributed by atoms with Crippen LogP contribution >= 0.6 is 0 Å². The highest BCUT2D eigenvalue weighted by atomic mass is 16.5. The Bertz CT molecular complexity index is 810. The molecule has 1 fully saturated rings. The van der Waals surface area contributed by atoms with Crippen molar-refractivity contribution in [3.63, 3.8) is 0 Å². The fourth-order valence-corrected chi connectivity index (χ4v) is 4.02. The first-order valence-electron chi connectivity index (χ1n) is 9.81. The molecule has 1 aliphatic heterocycles. The van der Waals surface area contributed by atoms with Crippen molar-refractivity contribution in [2.75, 3.05) is 18.5 Å². The molecular formula is C22H29N3O3. The quantitative estimate of drug-likeness (QED) is 0.765. The minimum atomic E-state index is -0.462. The fraction of sp³-hybridized carbons (Fsp3) is 0.455. The van der Waals surface area contributed by atoms with Gasteiger partial charge >= 0.3 is 6.03 Å². The molecule has 1 atom stereocenters. The predicted octanol–water partition coefficient (Wildman–Crippen LogP) is 4.59. The third-order valence-electron chi connectivity index (χ3n) is 5.21. The summed E-state index contributed by atoms with van der Waals surface area (Å²) >= 11 is 0. The molecule has 2 amide bonds. The summed E-state index contributed by atoms with van der Waals surface area (Å²) in [6, 6.07) is 9.07. The molecule has 2 N–H and O–H groups in total. The topological polar surface area (TPSA) is 74.7 Å². The number of carbonyl (C=O) groups excluding carboxylic acids is 1. The molecule has 1 aromatic heterocycles. The number of rotatable bonds is 6. The standard InChI is InChI=1S/C22H29N3O3/c1-16(2)13-22(15-26)9-5-11-25(22)21(27)24-18-7-8-20(17(3)12-18)28-19-6-4-10-23-14-19/h4,6-8,10,12,14,16,26H,5,9,11,13,15H2,1-3H3,(H,24,27)/t22-/m0/s1. The molecule has 1 aliphatic rings. The molecule has 6 nitrogen and oxygen atoms in total. The zero-order chi connectivity index (χ0) is 20.1. The summed E-state index contributed by atoms with van der Waals surface area (Å²) < 4.78 is 5.84. The van der Waals surface area contributed by atoms with Gasteiger partial charge in [-0.15, -0.1) is 0 Å². The van der Waals surface area contributed by atoms with Gasteiger partial charge in [-0.25, -0.2) is 4.79 Å². The number of pyridine rings is 1. The van der Waals surface area contributed by atoms with Crippen molar-refractivity contribution in [1.29, 1.82) is 0 Å². The summed E-state index contributed by atoms with van der Waals surface area (Å²) in [5, 5.41) is 13.0. The maximum absolute atomic E-state index is 12.9. The highest BCUT2D eigenvalue weighted by Crippen LogP contribution is 2.35. The van der Waals surface area contributed by atoms with Gasteiger partial charge in [-0.1, -0.05) is 13.8 Å². The van der Waals surface area contributed by atoms with Gasteiger partial charge in [0.1, 0.15) is 11.5 Å². The molecular weight excluding hydrogens is 354 g/mol. The van der Waals surface area contributed by atoms with Gasteiger partial charge in [0.15, 0.2) is 0 Å². The number of urea groups is 1. The van der Waals surface area contributed by atoms with Crippen molar-refractivity contribution in [1.82, 2.24) is 9.88 Å². The van der Waals surface area contributed by atoms with Crippen LogP contribution in [0.15, 0.2) is 42.7 Å². The zero-order valence-corrected chi connectivity index (χ0v) is 16.8.